The summed E-state index contributed by atoms with van der Waals surface area (Å²) in [6.45, 7) is 8.82. The number of aromatic hydroxyl groups is 1. The molecule has 166 valence electrons. The maximum absolute atomic E-state index is 11.1. The highest BCUT2D eigenvalue weighted by atomic mass is 79.9. The van der Waals surface area contributed by atoms with E-state index in [0.29, 0.717) is 11.7 Å². The number of unbranched alkanes of at least 4 members (excludes halogenated alkanes) is 3. The third-order valence-electron chi connectivity index (χ3n) is 7.26. The van der Waals surface area contributed by atoms with Crippen molar-refractivity contribution in [2.75, 3.05) is 5.33 Å². The predicted molar refractivity (Wildman–Crippen MR) is 126 cm³/mol. The number of fused-ring (bicyclic) bond motifs is 3. The number of ether oxygens (including phenoxy) is 1. The first-order valence-electron chi connectivity index (χ1n) is 11.4. The van der Waals surface area contributed by atoms with E-state index in [4.69, 9.17) is 10.3 Å². The molecule has 0 bridgehead atoms. The number of rotatable bonds is 8. The van der Waals surface area contributed by atoms with Crippen molar-refractivity contribution in [3.05, 3.63) is 33.7 Å². The van der Waals surface area contributed by atoms with E-state index in [-0.39, 0.29) is 23.0 Å². The van der Waals surface area contributed by atoms with E-state index < -0.39 is 0 Å². The molecule has 2 aliphatic rings. The van der Waals surface area contributed by atoms with Crippen molar-refractivity contribution in [1.82, 2.24) is 0 Å². The number of phenolic OH excluding ortho intramolecular Hbond substituents is 1. The van der Waals surface area contributed by atoms with Crippen LogP contribution in [0.15, 0.2) is 17.2 Å². The normalized spacial score (nSPS) is 24.9. The van der Waals surface area contributed by atoms with Gasteiger partial charge in [0, 0.05) is 27.8 Å². The lowest BCUT2D eigenvalue weighted by Crippen LogP contribution is -2.47. The zero-order chi connectivity index (χ0) is 21.9. The fraction of sp³-hybridized carbons (Fsp3) is 0.750. The van der Waals surface area contributed by atoms with Gasteiger partial charge in [0.15, 0.2) is 0 Å². The molecule has 6 heteroatoms. The molecule has 1 aromatic rings. The van der Waals surface area contributed by atoms with Gasteiger partial charge in [-0.1, -0.05) is 54.2 Å². The van der Waals surface area contributed by atoms with Crippen LogP contribution in [-0.2, 0) is 5.41 Å². The number of benzene rings is 1. The zero-order valence-electron chi connectivity index (χ0n) is 18.8. The molecule has 1 aliphatic heterocycles. The van der Waals surface area contributed by atoms with Crippen molar-refractivity contribution < 1.29 is 9.84 Å². The first-order chi connectivity index (χ1) is 14.2. The van der Waals surface area contributed by atoms with Gasteiger partial charge in [-0.05, 0) is 80.5 Å². The van der Waals surface area contributed by atoms with Gasteiger partial charge in [0.1, 0.15) is 17.1 Å². The second-order valence-corrected chi connectivity index (χ2v) is 11.0. The van der Waals surface area contributed by atoms with E-state index in [1.165, 1.54) is 25.7 Å². The molecule has 1 N–H and O–H groups in total. The van der Waals surface area contributed by atoms with Crippen LogP contribution in [0.25, 0.3) is 10.4 Å². The van der Waals surface area contributed by atoms with Crippen LogP contribution in [0.5, 0.6) is 11.5 Å². The molecule has 0 amide bonds. The number of alkyl halides is 1. The van der Waals surface area contributed by atoms with Crippen LogP contribution in [0, 0.1) is 5.92 Å². The third kappa shape index (κ3) is 4.91. The maximum Gasteiger partial charge on any atom is 0.127 e. The van der Waals surface area contributed by atoms with E-state index in [0.717, 1.165) is 47.9 Å². The van der Waals surface area contributed by atoms with E-state index in [1.54, 1.807) is 0 Å². The Morgan fingerprint density at radius 2 is 1.97 bits per heavy atom. The summed E-state index contributed by atoms with van der Waals surface area (Å²) in [4.78, 5) is 3.03. The number of azide groups is 1. The average Bonchev–Trinajstić information content (AvgIpc) is 2.67. The van der Waals surface area contributed by atoms with Crippen LogP contribution in [0.2, 0.25) is 0 Å². The summed E-state index contributed by atoms with van der Waals surface area (Å²) in [6, 6.07) is 4.10. The lowest BCUT2D eigenvalue weighted by Gasteiger charge is -2.49. The molecule has 3 unspecified atom stereocenters. The average molecular weight is 478 g/mol. The molecular formula is C24H36BrN3O2. The molecule has 3 atom stereocenters. The molecule has 1 aromatic carbocycles. The minimum Gasteiger partial charge on any atom is -0.508 e. The fourth-order valence-corrected chi connectivity index (χ4v) is 5.85. The summed E-state index contributed by atoms with van der Waals surface area (Å²) in [5, 5.41) is 16.1. The van der Waals surface area contributed by atoms with Gasteiger partial charge < -0.3 is 9.84 Å². The molecule has 1 aliphatic carbocycles. The van der Waals surface area contributed by atoms with Crippen molar-refractivity contribution >= 4 is 15.9 Å². The number of phenols is 1. The Bertz CT molecular complexity index is 802. The number of nitrogens with zero attached hydrogens (tertiary/aromatic N) is 3. The second-order valence-electron chi connectivity index (χ2n) is 10.2. The van der Waals surface area contributed by atoms with Crippen molar-refractivity contribution in [2.24, 2.45) is 11.0 Å². The van der Waals surface area contributed by atoms with Gasteiger partial charge in [0.05, 0.1) is 0 Å². The molecule has 1 heterocycles. The Kier molecular flexibility index (Phi) is 7.29. The van der Waals surface area contributed by atoms with Crippen molar-refractivity contribution in [1.29, 1.82) is 0 Å². The van der Waals surface area contributed by atoms with Gasteiger partial charge >= 0.3 is 0 Å². The quantitative estimate of drug-likeness (QED) is 0.136. The first kappa shape index (κ1) is 23.3. The molecule has 0 aromatic heterocycles. The summed E-state index contributed by atoms with van der Waals surface area (Å²) in [5.41, 5.74) is 10.6. The van der Waals surface area contributed by atoms with Crippen LogP contribution in [0.3, 0.4) is 0 Å². The molecule has 0 saturated heterocycles. The smallest absolute Gasteiger partial charge is 0.127 e. The Morgan fingerprint density at radius 1 is 1.23 bits per heavy atom. The standard InChI is InChI=1S/C24H36BrN3O2/c1-23(2,11-7-5-6-8-12-25)16-13-20(29)22-18-15-17(27-28-26)9-10-19(18)24(3,4)30-21(22)14-16/h13-14,17-19,29H,5-12,15H2,1-4H3. The predicted octanol–water partition coefficient (Wildman–Crippen LogP) is 7.75. The summed E-state index contributed by atoms with van der Waals surface area (Å²) < 4.78 is 6.49. The Morgan fingerprint density at radius 3 is 2.67 bits per heavy atom. The van der Waals surface area contributed by atoms with Gasteiger partial charge in [-0.2, -0.15) is 0 Å². The molecule has 3 rings (SSSR count). The van der Waals surface area contributed by atoms with E-state index in [1.807, 2.05) is 6.07 Å². The highest BCUT2D eigenvalue weighted by Crippen LogP contribution is 2.55. The highest BCUT2D eigenvalue weighted by Gasteiger charge is 2.47. The monoisotopic (exact) mass is 477 g/mol. The molecule has 0 spiro atoms. The lowest BCUT2D eigenvalue weighted by molar-refractivity contribution is -0.00995. The molecule has 5 nitrogen and oxygen atoms in total. The lowest BCUT2D eigenvalue weighted by atomic mass is 9.65. The third-order valence-corrected chi connectivity index (χ3v) is 7.82. The number of halogens is 1. The minimum atomic E-state index is -0.302. The Balaban J connectivity index is 1.87. The van der Waals surface area contributed by atoms with Crippen LogP contribution in [0.1, 0.15) is 96.1 Å². The summed E-state index contributed by atoms with van der Waals surface area (Å²) in [5.74, 6) is 1.62. The van der Waals surface area contributed by atoms with E-state index >= 15 is 0 Å². The maximum atomic E-state index is 11.1. The highest BCUT2D eigenvalue weighted by molar-refractivity contribution is 9.09. The summed E-state index contributed by atoms with van der Waals surface area (Å²) >= 11 is 3.50. The molecule has 30 heavy (non-hydrogen) atoms. The van der Waals surface area contributed by atoms with Crippen LogP contribution >= 0.6 is 15.9 Å². The zero-order valence-corrected chi connectivity index (χ0v) is 20.4. The molecule has 1 saturated carbocycles. The molecular weight excluding hydrogens is 442 g/mol. The summed E-state index contributed by atoms with van der Waals surface area (Å²) in [7, 11) is 0. The van der Waals surface area contributed by atoms with Gasteiger partial charge in [-0.15, -0.1) is 0 Å². The van der Waals surface area contributed by atoms with Crippen molar-refractivity contribution in [3.63, 3.8) is 0 Å². The largest absolute Gasteiger partial charge is 0.508 e. The Labute approximate surface area is 189 Å². The van der Waals surface area contributed by atoms with Crippen LogP contribution in [0.4, 0.5) is 0 Å². The topological polar surface area (TPSA) is 78.2 Å². The molecule has 1 fully saturated rings. The van der Waals surface area contributed by atoms with Crippen LogP contribution < -0.4 is 4.74 Å². The number of hydrogen-bond donors (Lipinski definition) is 1. The SMILES string of the molecule is CC(C)(CCCCCCBr)c1cc(O)c2c(c1)OC(C)(C)C1CCC(N=[N+]=[N-])CC21. The van der Waals surface area contributed by atoms with E-state index in [9.17, 15) is 5.11 Å². The van der Waals surface area contributed by atoms with Crippen molar-refractivity contribution in [3.8, 4) is 11.5 Å². The Hall–Kier alpha value is -1.39. The first-order valence-corrected chi connectivity index (χ1v) is 12.5. The molecule has 0 radical (unpaired) electrons. The van der Waals surface area contributed by atoms with Gasteiger partial charge in [-0.25, -0.2) is 0 Å². The van der Waals surface area contributed by atoms with Gasteiger partial charge in [0.25, 0.3) is 0 Å². The van der Waals surface area contributed by atoms with E-state index in [2.05, 4.69) is 59.7 Å². The van der Waals surface area contributed by atoms with Crippen LogP contribution in [-0.4, -0.2) is 22.1 Å². The van der Waals surface area contributed by atoms with Gasteiger partial charge in [-0.3, -0.25) is 0 Å². The number of hydrogen-bond acceptors (Lipinski definition) is 3. The second kappa shape index (κ2) is 9.40. The minimum absolute atomic E-state index is 0.00645. The van der Waals surface area contributed by atoms with Gasteiger partial charge in [0.2, 0.25) is 0 Å². The fourth-order valence-electron chi connectivity index (χ4n) is 5.46. The summed E-state index contributed by atoms with van der Waals surface area (Å²) in [6.07, 6.45) is 8.59. The van der Waals surface area contributed by atoms with Crippen molar-refractivity contribution in [2.45, 2.75) is 102 Å².